The molecule has 0 spiro atoms. The molecule has 0 aliphatic rings. The highest BCUT2D eigenvalue weighted by Gasteiger charge is 2.06. The van der Waals surface area contributed by atoms with Gasteiger partial charge in [0.2, 0.25) is 0 Å². The summed E-state index contributed by atoms with van der Waals surface area (Å²) in [5, 5.41) is 0. The van der Waals surface area contributed by atoms with E-state index in [-0.39, 0.29) is 5.56 Å². The summed E-state index contributed by atoms with van der Waals surface area (Å²) in [6.07, 6.45) is 3.79. The molecule has 0 atom stereocenters. The van der Waals surface area contributed by atoms with Crippen LogP contribution in [0.1, 0.15) is 12.7 Å². The van der Waals surface area contributed by atoms with Crippen molar-refractivity contribution in [2.75, 3.05) is 0 Å². The minimum atomic E-state index is -0.0690. The smallest absolute Gasteiger partial charge is 0.253 e. The largest absolute Gasteiger partial charge is 0.300 e. The Kier molecular flexibility index (Phi) is 2.76. The van der Waals surface area contributed by atoms with E-state index in [1.807, 2.05) is 6.92 Å². The normalized spacial score (nSPS) is 10.4. The van der Waals surface area contributed by atoms with E-state index >= 15 is 0 Å². The second-order valence-electron chi connectivity index (χ2n) is 3.40. The number of nitrogens with zero attached hydrogens (tertiary/aromatic N) is 4. The number of rotatable bonds is 2. The van der Waals surface area contributed by atoms with Crippen LogP contribution in [0.2, 0.25) is 0 Å². The van der Waals surface area contributed by atoms with Crippen molar-refractivity contribution in [3.05, 3.63) is 40.8 Å². The van der Waals surface area contributed by atoms with E-state index in [1.54, 1.807) is 23.9 Å². The predicted octanol–water partition coefficient (Wildman–Crippen LogP) is 0.800. The second kappa shape index (κ2) is 4.22. The fraction of sp³-hybridized carbons (Fsp3) is 0.273. The predicted molar refractivity (Wildman–Crippen MR) is 59.9 cm³/mol. The van der Waals surface area contributed by atoms with Crippen LogP contribution < -0.4 is 5.56 Å². The Bertz CT molecular complexity index is 548. The van der Waals surface area contributed by atoms with Crippen LogP contribution in [-0.4, -0.2) is 19.5 Å². The molecule has 0 aliphatic carbocycles. The van der Waals surface area contributed by atoms with Crippen molar-refractivity contribution in [1.82, 2.24) is 19.5 Å². The average Bonchev–Trinajstić information content (AvgIpc) is 2.33. The highest BCUT2D eigenvalue weighted by atomic mass is 16.1. The SMILES string of the molecule is CCc1nc(-c2ccncn2)cc(=O)n1C. The molecular weight excluding hydrogens is 204 g/mol. The van der Waals surface area contributed by atoms with Gasteiger partial charge in [0.05, 0.1) is 11.4 Å². The molecule has 2 rings (SSSR count). The first-order valence-corrected chi connectivity index (χ1v) is 5.05. The molecular formula is C11H12N4O. The van der Waals surface area contributed by atoms with Crippen LogP contribution in [0.5, 0.6) is 0 Å². The quantitative estimate of drug-likeness (QED) is 0.745. The van der Waals surface area contributed by atoms with Gasteiger partial charge in [-0.05, 0) is 6.07 Å². The van der Waals surface area contributed by atoms with Gasteiger partial charge in [-0.25, -0.2) is 15.0 Å². The van der Waals surface area contributed by atoms with Gasteiger partial charge in [-0.1, -0.05) is 6.92 Å². The summed E-state index contributed by atoms with van der Waals surface area (Å²) in [6, 6.07) is 3.22. The van der Waals surface area contributed by atoms with Gasteiger partial charge in [0.25, 0.3) is 5.56 Å². The van der Waals surface area contributed by atoms with Crippen LogP contribution in [0, 0.1) is 0 Å². The third kappa shape index (κ3) is 1.84. The van der Waals surface area contributed by atoms with E-state index in [9.17, 15) is 4.79 Å². The third-order valence-corrected chi connectivity index (χ3v) is 2.39. The lowest BCUT2D eigenvalue weighted by molar-refractivity contribution is 0.738. The zero-order valence-electron chi connectivity index (χ0n) is 9.21. The van der Waals surface area contributed by atoms with Crippen LogP contribution in [0.25, 0.3) is 11.4 Å². The van der Waals surface area contributed by atoms with Crippen molar-refractivity contribution in [2.45, 2.75) is 13.3 Å². The van der Waals surface area contributed by atoms with Crippen molar-refractivity contribution >= 4 is 0 Å². The molecule has 0 fully saturated rings. The molecule has 82 valence electrons. The van der Waals surface area contributed by atoms with E-state index in [1.165, 1.54) is 12.4 Å². The molecule has 2 aromatic heterocycles. The van der Waals surface area contributed by atoms with E-state index in [0.29, 0.717) is 17.8 Å². The van der Waals surface area contributed by atoms with Crippen molar-refractivity contribution in [3.8, 4) is 11.4 Å². The Balaban J connectivity index is 2.60. The first kappa shape index (κ1) is 10.5. The van der Waals surface area contributed by atoms with E-state index < -0.39 is 0 Å². The van der Waals surface area contributed by atoms with Crippen LogP contribution in [0.4, 0.5) is 0 Å². The van der Waals surface area contributed by atoms with Crippen LogP contribution >= 0.6 is 0 Å². The first-order valence-electron chi connectivity index (χ1n) is 5.05. The summed E-state index contributed by atoms with van der Waals surface area (Å²) in [4.78, 5) is 24.0. The van der Waals surface area contributed by atoms with Gasteiger partial charge in [0.15, 0.2) is 0 Å². The highest BCUT2D eigenvalue weighted by Crippen LogP contribution is 2.10. The van der Waals surface area contributed by atoms with Gasteiger partial charge in [-0.15, -0.1) is 0 Å². The molecule has 0 amide bonds. The minimum Gasteiger partial charge on any atom is -0.300 e. The molecule has 16 heavy (non-hydrogen) atoms. The van der Waals surface area contributed by atoms with Gasteiger partial charge in [-0.3, -0.25) is 9.36 Å². The summed E-state index contributed by atoms with van der Waals surface area (Å²) >= 11 is 0. The van der Waals surface area contributed by atoms with E-state index in [4.69, 9.17) is 0 Å². The van der Waals surface area contributed by atoms with Gasteiger partial charge in [0, 0.05) is 25.7 Å². The maximum Gasteiger partial charge on any atom is 0.253 e. The second-order valence-corrected chi connectivity index (χ2v) is 3.40. The maximum absolute atomic E-state index is 11.7. The van der Waals surface area contributed by atoms with Gasteiger partial charge >= 0.3 is 0 Å². The number of hydrogen-bond donors (Lipinski definition) is 0. The summed E-state index contributed by atoms with van der Waals surface area (Å²) < 4.78 is 1.55. The lowest BCUT2D eigenvalue weighted by atomic mass is 10.2. The maximum atomic E-state index is 11.7. The molecule has 0 saturated carbocycles. The number of aromatic nitrogens is 4. The Morgan fingerprint density at radius 3 is 2.81 bits per heavy atom. The number of hydrogen-bond acceptors (Lipinski definition) is 4. The molecule has 0 radical (unpaired) electrons. The van der Waals surface area contributed by atoms with Crippen molar-refractivity contribution in [2.24, 2.45) is 7.05 Å². The van der Waals surface area contributed by atoms with Crippen molar-refractivity contribution < 1.29 is 0 Å². The molecule has 0 unspecified atom stereocenters. The fourth-order valence-corrected chi connectivity index (χ4v) is 1.48. The molecule has 0 bridgehead atoms. The van der Waals surface area contributed by atoms with Crippen molar-refractivity contribution in [1.29, 1.82) is 0 Å². The molecule has 0 N–H and O–H groups in total. The van der Waals surface area contributed by atoms with Crippen molar-refractivity contribution in [3.63, 3.8) is 0 Å². The van der Waals surface area contributed by atoms with Gasteiger partial charge in [-0.2, -0.15) is 0 Å². The summed E-state index contributed by atoms with van der Waals surface area (Å²) in [5.41, 5.74) is 1.20. The highest BCUT2D eigenvalue weighted by molar-refractivity contribution is 5.52. The molecule has 0 aromatic carbocycles. The Labute approximate surface area is 92.8 Å². The van der Waals surface area contributed by atoms with Crippen LogP contribution in [0.15, 0.2) is 29.5 Å². The monoisotopic (exact) mass is 216 g/mol. The first-order chi connectivity index (χ1) is 7.72. The molecule has 0 aliphatic heterocycles. The Morgan fingerprint density at radius 1 is 1.38 bits per heavy atom. The Morgan fingerprint density at radius 2 is 2.19 bits per heavy atom. The lowest BCUT2D eigenvalue weighted by Crippen LogP contribution is -2.21. The molecule has 0 saturated heterocycles. The topological polar surface area (TPSA) is 60.7 Å². The third-order valence-electron chi connectivity index (χ3n) is 2.39. The van der Waals surface area contributed by atoms with Crippen LogP contribution in [-0.2, 0) is 13.5 Å². The summed E-state index contributed by atoms with van der Waals surface area (Å²) in [7, 11) is 1.72. The minimum absolute atomic E-state index is 0.0690. The summed E-state index contributed by atoms with van der Waals surface area (Å²) in [6.45, 7) is 1.96. The standard InChI is InChI=1S/C11H12N4O/c1-3-10-14-9(6-11(16)15(10)2)8-4-5-12-7-13-8/h4-7H,3H2,1-2H3. The van der Waals surface area contributed by atoms with E-state index in [2.05, 4.69) is 15.0 Å². The lowest BCUT2D eigenvalue weighted by Gasteiger charge is -2.06. The number of aryl methyl sites for hydroxylation is 1. The molecule has 2 heterocycles. The molecule has 2 aromatic rings. The van der Waals surface area contributed by atoms with E-state index in [0.717, 1.165) is 5.82 Å². The average molecular weight is 216 g/mol. The molecule has 5 nitrogen and oxygen atoms in total. The molecule has 5 heteroatoms. The van der Waals surface area contributed by atoms with Gasteiger partial charge in [0.1, 0.15) is 12.2 Å². The zero-order chi connectivity index (χ0) is 11.5. The zero-order valence-corrected chi connectivity index (χ0v) is 9.21. The van der Waals surface area contributed by atoms with Crippen LogP contribution in [0.3, 0.4) is 0 Å². The Hall–Kier alpha value is -2.04. The summed E-state index contributed by atoms with van der Waals surface area (Å²) in [5.74, 6) is 0.751. The van der Waals surface area contributed by atoms with Gasteiger partial charge < -0.3 is 0 Å². The fourth-order valence-electron chi connectivity index (χ4n) is 1.48.